The van der Waals surface area contributed by atoms with E-state index in [0.29, 0.717) is 5.92 Å². The van der Waals surface area contributed by atoms with Gasteiger partial charge in [0.05, 0.1) is 5.69 Å². The molecule has 1 heterocycles. The van der Waals surface area contributed by atoms with Gasteiger partial charge in [-0.1, -0.05) is 13.3 Å². The third-order valence-electron chi connectivity index (χ3n) is 3.65. The number of aryl methyl sites for hydroxylation is 1. The van der Waals surface area contributed by atoms with Crippen LogP contribution in [-0.2, 0) is 11.2 Å². The lowest BCUT2D eigenvalue weighted by Crippen LogP contribution is -2.21. The fraction of sp³-hybridized carbons (Fsp3) is 0.786. The summed E-state index contributed by atoms with van der Waals surface area (Å²) in [4.78, 5) is 6.39. The fourth-order valence-electron chi connectivity index (χ4n) is 2.71. The maximum Gasteiger partial charge on any atom is 0.122 e. The van der Waals surface area contributed by atoms with E-state index in [0.717, 1.165) is 19.4 Å². The van der Waals surface area contributed by atoms with Crippen molar-refractivity contribution in [3.63, 3.8) is 0 Å². The summed E-state index contributed by atoms with van der Waals surface area (Å²) in [5, 5.41) is 4.48. The van der Waals surface area contributed by atoms with Crippen LogP contribution < -0.4 is 5.32 Å². The molecule has 0 aromatic carbocycles. The van der Waals surface area contributed by atoms with Crippen LogP contribution in [-0.4, -0.2) is 25.7 Å². The molecule has 0 radical (unpaired) electrons. The molecular formula is C14H24N2OS. The van der Waals surface area contributed by atoms with Gasteiger partial charge in [0.25, 0.3) is 0 Å². The third-order valence-corrected chi connectivity index (χ3v) is 4.87. The molecule has 1 aromatic rings. The Bertz CT molecular complexity index is 378. The zero-order chi connectivity index (χ0) is 13.0. The number of nitrogens with one attached hydrogen (secondary N) is 1. The summed E-state index contributed by atoms with van der Waals surface area (Å²) in [6.07, 6.45) is 6.17. The predicted octanol–water partition coefficient (Wildman–Crippen LogP) is 3.27. The first-order chi connectivity index (χ1) is 8.80. The zero-order valence-electron chi connectivity index (χ0n) is 11.7. The number of hydrogen-bond acceptors (Lipinski definition) is 4. The van der Waals surface area contributed by atoms with Crippen LogP contribution in [0.5, 0.6) is 0 Å². The molecule has 2 atom stereocenters. The van der Waals surface area contributed by atoms with Crippen LogP contribution in [0.1, 0.15) is 60.2 Å². The van der Waals surface area contributed by atoms with E-state index in [9.17, 15) is 0 Å². The van der Waals surface area contributed by atoms with Gasteiger partial charge < -0.3 is 10.1 Å². The number of rotatable bonds is 6. The summed E-state index contributed by atoms with van der Waals surface area (Å²) < 4.78 is 5.58. The van der Waals surface area contributed by atoms with E-state index < -0.39 is 0 Å². The Labute approximate surface area is 114 Å². The number of thiazole rings is 1. The number of methoxy groups -OCH3 is 1. The third kappa shape index (κ3) is 2.92. The van der Waals surface area contributed by atoms with Crippen LogP contribution in [0.3, 0.4) is 0 Å². The zero-order valence-corrected chi connectivity index (χ0v) is 12.5. The van der Waals surface area contributed by atoms with Crippen molar-refractivity contribution in [1.29, 1.82) is 0 Å². The summed E-state index contributed by atoms with van der Waals surface area (Å²) in [7, 11) is 3.82. The molecule has 2 rings (SSSR count). The van der Waals surface area contributed by atoms with Crippen LogP contribution in [0, 0.1) is 0 Å². The van der Waals surface area contributed by atoms with Gasteiger partial charge in [-0.05, 0) is 32.7 Å². The molecular weight excluding hydrogens is 244 g/mol. The Morgan fingerprint density at radius 3 is 3.06 bits per heavy atom. The smallest absolute Gasteiger partial charge is 0.122 e. The molecule has 0 amide bonds. The molecule has 0 bridgehead atoms. The van der Waals surface area contributed by atoms with E-state index in [2.05, 4.69) is 12.2 Å². The summed E-state index contributed by atoms with van der Waals surface area (Å²) >= 11 is 1.87. The van der Waals surface area contributed by atoms with E-state index in [1.54, 1.807) is 7.11 Å². The molecule has 102 valence electrons. The monoisotopic (exact) mass is 268 g/mol. The van der Waals surface area contributed by atoms with Gasteiger partial charge in [-0.25, -0.2) is 4.98 Å². The van der Waals surface area contributed by atoms with Gasteiger partial charge in [-0.2, -0.15) is 0 Å². The maximum absolute atomic E-state index is 5.58. The second-order valence-corrected chi connectivity index (χ2v) is 6.14. The number of fused-ring (bicyclic) bond motifs is 1. The van der Waals surface area contributed by atoms with Crippen molar-refractivity contribution in [1.82, 2.24) is 10.3 Å². The molecule has 4 heteroatoms. The minimum Gasteiger partial charge on any atom is -0.374 e. The molecule has 3 nitrogen and oxygen atoms in total. The second-order valence-electron chi connectivity index (χ2n) is 5.02. The maximum atomic E-state index is 5.58. The van der Waals surface area contributed by atoms with Gasteiger partial charge in [0, 0.05) is 24.4 Å². The second kappa shape index (κ2) is 6.64. The van der Waals surface area contributed by atoms with E-state index in [1.165, 1.54) is 34.8 Å². The van der Waals surface area contributed by atoms with E-state index in [-0.39, 0.29) is 6.10 Å². The largest absolute Gasteiger partial charge is 0.374 e. The lowest BCUT2D eigenvalue weighted by Gasteiger charge is -2.20. The first kappa shape index (κ1) is 14.0. The normalized spacial score (nSPS) is 20.7. The van der Waals surface area contributed by atoms with Gasteiger partial charge in [-0.3, -0.25) is 0 Å². The number of aromatic nitrogens is 1. The van der Waals surface area contributed by atoms with Crippen molar-refractivity contribution < 1.29 is 4.74 Å². The number of hydrogen-bond donors (Lipinski definition) is 1. The van der Waals surface area contributed by atoms with E-state index in [1.807, 2.05) is 18.4 Å². The first-order valence-electron chi connectivity index (χ1n) is 6.97. The summed E-state index contributed by atoms with van der Waals surface area (Å²) in [5.74, 6) is 0.600. The van der Waals surface area contributed by atoms with Crippen molar-refractivity contribution in [2.45, 2.75) is 51.0 Å². The molecule has 0 saturated carbocycles. The minimum atomic E-state index is 0.195. The van der Waals surface area contributed by atoms with Crippen LogP contribution in [0.15, 0.2) is 0 Å². The molecule has 0 aliphatic heterocycles. The number of ether oxygens (including phenoxy) is 1. The molecule has 0 spiro atoms. The number of nitrogens with zero attached hydrogens (tertiary/aromatic N) is 1. The molecule has 18 heavy (non-hydrogen) atoms. The van der Waals surface area contributed by atoms with Gasteiger partial charge >= 0.3 is 0 Å². The van der Waals surface area contributed by atoms with Crippen LogP contribution >= 0.6 is 11.3 Å². The topological polar surface area (TPSA) is 34.1 Å². The van der Waals surface area contributed by atoms with Crippen molar-refractivity contribution in [2.75, 3.05) is 20.7 Å². The van der Waals surface area contributed by atoms with Crippen LogP contribution in [0.25, 0.3) is 0 Å². The molecule has 0 fully saturated rings. The van der Waals surface area contributed by atoms with Crippen LogP contribution in [0.4, 0.5) is 0 Å². The SMILES string of the molecule is CCCC(OC)c1nc2c(s1)CCCC2CNC. The summed E-state index contributed by atoms with van der Waals surface area (Å²) in [6, 6.07) is 0. The number of likely N-dealkylation sites (N-methyl/N-ethyl adjacent to an activating group) is 1. The van der Waals surface area contributed by atoms with Gasteiger partial charge in [0.15, 0.2) is 0 Å². The summed E-state index contributed by atoms with van der Waals surface area (Å²) in [6.45, 7) is 3.24. The molecule has 1 aromatic heterocycles. The Morgan fingerprint density at radius 1 is 1.56 bits per heavy atom. The standard InChI is InChI=1S/C14H24N2OS/c1-4-6-11(17-3)14-16-13-10(9-15-2)7-5-8-12(13)18-14/h10-11,15H,4-9H2,1-3H3. The average Bonchev–Trinajstić information content (AvgIpc) is 2.81. The van der Waals surface area contributed by atoms with Crippen LogP contribution in [0.2, 0.25) is 0 Å². The molecule has 0 saturated heterocycles. The van der Waals surface area contributed by atoms with E-state index >= 15 is 0 Å². The lowest BCUT2D eigenvalue weighted by atomic mass is 9.91. The highest BCUT2D eigenvalue weighted by atomic mass is 32.1. The average molecular weight is 268 g/mol. The molecule has 1 aliphatic carbocycles. The quantitative estimate of drug-likeness (QED) is 0.860. The van der Waals surface area contributed by atoms with Crippen molar-refractivity contribution in [2.24, 2.45) is 0 Å². The van der Waals surface area contributed by atoms with Crippen molar-refractivity contribution >= 4 is 11.3 Å². The highest BCUT2D eigenvalue weighted by molar-refractivity contribution is 7.11. The van der Waals surface area contributed by atoms with Crippen molar-refractivity contribution in [3.05, 3.63) is 15.6 Å². The Hall–Kier alpha value is -0.450. The minimum absolute atomic E-state index is 0.195. The lowest BCUT2D eigenvalue weighted by molar-refractivity contribution is 0.0946. The van der Waals surface area contributed by atoms with Gasteiger partial charge in [0.2, 0.25) is 0 Å². The highest BCUT2D eigenvalue weighted by Crippen LogP contribution is 2.37. The summed E-state index contributed by atoms with van der Waals surface area (Å²) in [5.41, 5.74) is 1.34. The Balaban J connectivity index is 2.20. The van der Waals surface area contributed by atoms with E-state index in [4.69, 9.17) is 9.72 Å². The van der Waals surface area contributed by atoms with Gasteiger partial charge in [-0.15, -0.1) is 11.3 Å². The van der Waals surface area contributed by atoms with Crippen molar-refractivity contribution in [3.8, 4) is 0 Å². The van der Waals surface area contributed by atoms with Gasteiger partial charge in [0.1, 0.15) is 11.1 Å². The Kier molecular flexibility index (Phi) is 5.15. The first-order valence-corrected chi connectivity index (χ1v) is 7.78. The molecule has 1 N–H and O–H groups in total. The molecule has 1 aliphatic rings. The highest BCUT2D eigenvalue weighted by Gasteiger charge is 2.26. The fourth-order valence-corrected chi connectivity index (χ4v) is 4.02. The predicted molar refractivity (Wildman–Crippen MR) is 76.4 cm³/mol. The molecule has 2 unspecified atom stereocenters. The Morgan fingerprint density at radius 2 is 2.39 bits per heavy atom.